The molecule has 3 nitrogen and oxygen atoms in total. The Morgan fingerprint density at radius 3 is 2.50 bits per heavy atom. The van der Waals surface area contributed by atoms with Crippen LogP contribution in [0.4, 0.5) is 11.4 Å². The van der Waals surface area contributed by atoms with Crippen LogP contribution in [0.25, 0.3) is 10.8 Å². The van der Waals surface area contributed by atoms with Gasteiger partial charge in [0.15, 0.2) is 5.96 Å². The molecule has 0 saturated heterocycles. The average Bonchev–Trinajstić information content (AvgIpc) is 2.61. The van der Waals surface area contributed by atoms with Crippen LogP contribution in [0.15, 0.2) is 66.7 Å². The number of nitrogens with one attached hydrogen (secondary N) is 2. The minimum absolute atomic E-state index is 0. The van der Waals surface area contributed by atoms with Crippen LogP contribution in [0.3, 0.4) is 0 Å². The fourth-order valence-electron chi connectivity index (χ4n) is 2.66. The van der Waals surface area contributed by atoms with E-state index in [9.17, 15) is 0 Å². The van der Waals surface area contributed by atoms with Crippen LogP contribution in [-0.4, -0.2) is 13.0 Å². The molecule has 24 heavy (non-hydrogen) atoms. The molecule has 4 heteroatoms. The number of anilines is 2. The Bertz CT molecular complexity index is 840. The fraction of sp³-hybridized carbons (Fsp3) is 0.150. The highest BCUT2D eigenvalue weighted by Gasteiger charge is 2.09. The molecule has 0 aliphatic rings. The van der Waals surface area contributed by atoms with Crippen molar-refractivity contribution in [3.63, 3.8) is 0 Å². The van der Waals surface area contributed by atoms with E-state index < -0.39 is 0 Å². The van der Waals surface area contributed by atoms with Gasteiger partial charge in [0.1, 0.15) is 0 Å². The third-order valence-electron chi connectivity index (χ3n) is 4.08. The van der Waals surface area contributed by atoms with Gasteiger partial charge in [0, 0.05) is 23.8 Å². The molecule has 0 atom stereocenters. The number of hydrogen-bond acceptors (Lipinski definition) is 1. The van der Waals surface area contributed by atoms with E-state index in [0.29, 0.717) is 5.96 Å². The number of hydrogen-bond donors (Lipinski definition) is 2. The standard InChI is InChI=1S/C20H21N3.ClH/c1-3-15-8-6-11-17(14-15)23(2)20(21)22-19-13-7-10-16-9-4-5-12-18(16)19;/h4-14H,3H2,1-2H3,(H2,21,22);1H. The van der Waals surface area contributed by atoms with Gasteiger partial charge in [0.2, 0.25) is 0 Å². The third kappa shape index (κ3) is 3.69. The first-order valence-electron chi connectivity index (χ1n) is 7.85. The number of rotatable bonds is 3. The molecule has 124 valence electrons. The lowest BCUT2D eigenvalue weighted by molar-refractivity contribution is 1.13. The van der Waals surface area contributed by atoms with Gasteiger partial charge in [-0.2, -0.15) is 0 Å². The van der Waals surface area contributed by atoms with Crippen molar-refractivity contribution in [3.05, 3.63) is 72.3 Å². The zero-order valence-corrected chi connectivity index (χ0v) is 14.7. The first-order valence-corrected chi connectivity index (χ1v) is 7.85. The van der Waals surface area contributed by atoms with Gasteiger partial charge in [-0.15, -0.1) is 12.4 Å². The number of benzene rings is 3. The maximum absolute atomic E-state index is 8.39. The van der Waals surface area contributed by atoms with Crippen molar-refractivity contribution in [1.29, 1.82) is 5.41 Å². The normalized spacial score (nSPS) is 10.1. The predicted molar refractivity (Wildman–Crippen MR) is 107 cm³/mol. The van der Waals surface area contributed by atoms with Crippen LogP contribution in [-0.2, 0) is 6.42 Å². The SMILES string of the molecule is CCc1cccc(N(C)C(=N)Nc2cccc3ccccc23)c1.Cl. The van der Waals surface area contributed by atoms with E-state index >= 15 is 0 Å². The summed E-state index contributed by atoms with van der Waals surface area (Å²) in [7, 11) is 1.91. The zero-order valence-electron chi connectivity index (χ0n) is 13.9. The summed E-state index contributed by atoms with van der Waals surface area (Å²) >= 11 is 0. The smallest absolute Gasteiger partial charge is 0.199 e. The molecule has 0 bridgehead atoms. The number of nitrogens with zero attached hydrogens (tertiary/aromatic N) is 1. The van der Waals surface area contributed by atoms with Crippen LogP contribution in [0.2, 0.25) is 0 Å². The molecule has 0 aliphatic heterocycles. The maximum Gasteiger partial charge on any atom is 0.199 e. The van der Waals surface area contributed by atoms with Crippen molar-refractivity contribution in [2.45, 2.75) is 13.3 Å². The molecule has 2 N–H and O–H groups in total. The summed E-state index contributed by atoms with van der Waals surface area (Å²) < 4.78 is 0. The van der Waals surface area contributed by atoms with Gasteiger partial charge in [0.25, 0.3) is 0 Å². The van der Waals surface area contributed by atoms with Crippen LogP contribution in [0, 0.1) is 5.41 Å². The van der Waals surface area contributed by atoms with Crippen molar-refractivity contribution in [1.82, 2.24) is 0 Å². The van der Waals surface area contributed by atoms with Gasteiger partial charge in [-0.3, -0.25) is 5.41 Å². The number of fused-ring (bicyclic) bond motifs is 1. The summed E-state index contributed by atoms with van der Waals surface area (Å²) in [5.74, 6) is 0.356. The Morgan fingerprint density at radius 1 is 1.00 bits per heavy atom. The van der Waals surface area contributed by atoms with Gasteiger partial charge in [-0.05, 0) is 35.6 Å². The number of guanidine groups is 1. The minimum Gasteiger partial charge on any atom is -0.326 e. The van der Waals surface area contributed by atoms with Gasteiger partial charge in [-0.1, -0.05) is 55.5 Å². The largest absolute Gasteiger partial charge is 0.326 e. The molecule has 3 aromatic carbocycles. The van der Waals surface area contributed by atoms with E-state index in [4.69, 9.17) is 5.41 Å². The average molecular weight is 340 g/mol. The van der Waals surface area contributed by atoms with Crippen molar-refractivity contribution in [2.24, 2.45) is 0 Å². The molecule has 0 heterocycles. The molecule has 3 rings (SSSR count). The van der Waals surface area contributed by atoms with E-state index in [2.05, 4.69) is 42.6 Å². The number of aryl methyl sites for hydroxylation is 1. The molecule has 0 spiro atoms. The topological polar surface area (TPSA) is 39.1 Å². The van der Waals surface area contributed by atoms with Crippen molar-refractivity contribution in [3.8, 4) is 0 Å². The first-order chi connectivity index (χ1) is 11.2. The molecule has 0 fully saturated rings. The van der Waals surface area contributed by atoms with Gasteiger partial charge in [0.05, 0.1) is 0 Å². The Labute approximate surface area is 149 Å². The van der Waals surface area contributed by atoms with Crippen molar-refractivity contribution >= 4 is 40.5 Å². The Kier molecular flexibility index (Phi) is 5.83. The molecular weight excluding hydrogens is 318 g/mol. The summed E-state index contributed by atoms with van der Waals surface area (Å²) in [4.78, 5) is 1.86. The lowest BCUT2D eigenvalue weighted by atomic mass is 10.1. The molecular formula is C20H22ClN3. The lowest BCUT2D eigenvalue weighted by Gasteiger charge is -2.22. The monoisotopic (exact) mass is 339 g/mol. The third-order valence-corrected chi connectivity index (χ3v) is 4.08. The molecule has 0 aliphatic carbocycles. The van der Waals surface area contributed by atoms with Crippen LogP contribution in [0.1, 0.15) is 12.5 Å². The van der Waals surface area contributed by atoms with E-state index in [1.54, 1.807) is 0 Å². The highest BCUT2D eigenvalue weighted by molar-refractivity contribution is 6.08. The van der Waals surface area contributed by atoms with E-state index in [0.717, 1.165) is 23.2 Å². The second-order valence-corrected chi connectivity index (χ2v) is 5.58. The van der Waals surface area contributed by atoms with Crippen LogP contribution < -0.4 is 10.2 Å². The molecule has 0 amide bonds. The summed E-state index contributed by atoms with van der Waals surface area (Å²) in [6.07, 6.45) is 0.992. The zero-order chi connectivity index (χ0) is 16.2. The molecule has 3 aromatic rings. The summed E-state index contributed by atoms with van der Waals surface area (Å²) in [6.45, 7) is 2.14. The van der Waals surface area contributed by atoms with E-state index in [-0.39, 0.29) is 12.4 Å². The molecule has 0 unspecified atom stereocenters. The Morgan fingerprint density at radius 2 is 1.71 bits per heavy atom. The second kappa shape index (κ2) is 7.84. The lowest BCUT2D eigenvalue weighted by Crippen LogP contribution is -2.32. The van der Waals surface area contributed by atoms with Gasteiger partial charge in [-0.25, -0.2) is 0 Å². The van der Waals surface area contributed by atoms with Gasteiger partial charge < -0.3 is 10.2 Å². The molecule has 0 aromatic heterocycles. The first kappa shape index (κ1) is 17.8. The van der Waals surface area contributed by atoms with Crippen molar-refractivity contribution in [2.75, 3.05) is 17.3 Å². The fourth-order valence-corrected chi connectivity index (χ4v) is 2.66. The van der Waals surface area contributed by atoms with E-state index in [1.807, 2.05) is 48.3 Å². The summed E-state index contributed by atoms with van der Waals surface area (Å²) in [5.41, 5.74) is 3.24. The quantitative estimate of drug-likeness (QED) is 0.501. The van der Waals surface area contributed by atoms with Crippen LogP contribution in [0.5, 0.6) is 0 Å². The second-order valence-electron chi connectivity index (χ2n) is 5.58. The Hall–Kier alpha value is -2.52. The summed E-state index contributed by atoms with van der Waals surface area (Å²) in [5, 5.41) is 13.9. The number of halogens is 1. The van der Waals surface area contributed by atoms with Crippen LogP contribution >= 0.6 is 12.4 Å². The summed E-state index contributed by atoms with van der Waals surface area (Å²) in [6, 6.07) is 22.6. The maximum atomic E-state index is 8.39. The highest BCUT2D eigenvalue weighted by Crippen LogP contribution is 2.24. The highest BCUT2D eigenvalue weighted by atomic mass is 35.5. The minimum atomic E-state index is 0. The van der Waals surface area contributed by atoms with Crippen molar-refractivity contribution < 1.29 is 0 Å². The molecule has 0 radical (unpaired) electrons. The predicted octanol–water partition coefficient (Wildman–Crippen LogP) is 5.31. The van der Waals surface area contributed by atoms with E-state index in [1.165, 1.54) is 10.9 Å². The molecule has 0 saturated carbocycles. The Balaban J connectivity index is 0.00000208. The van der Waals surface area contributed by atoms with Gasteiger partial charge >= 0.3 is 0 Å².